The molecule has 0 unspecified atom stereocenters. The molecule has 0 saturated carbocycles. The van der Waals surface area contributed by atoms with Crippen LogP contribution in [0.25, 0.3) is 0 Å². The van der Waals surface area contributed by atoms with Crippen LogP contribution in [0.15, 0.2) is 9.98 Å². The Morgan fingerprint density at radius 1 is 1.00 bits per heavy atom. The molecule has 1 aliphatic heterocycles. The third kappa shape index (κ3) is 1.46. The van der Waals surface area contributed by atoms with Crippen LogP contribution >= 0.6 is 0 Å². The van der Waals surface area contributed by atoms with E-state index < -0.39 is 0 Å². The third-order valence-electron chi connectivity index (χ3n) is 1.46. The van der Waals surface area contributed by atoms with Gasteiger partial charge < -0.3 is 10.6 Å². The molecular weight excluding hydrogens is 128 g/mol. The molecule has 0 atom stereocenters. The largest absolute Gasteiger partial charge is 0.365 e. The first-order valence-electron chi connectivity index (χ1n) is 3.26. The Morgan fingerprint density at radius 2 is 1.40 bits per heavy atom. The Labute approximate surface area is 60.4 Å². The lowest BCUT2D eigenvalue weighted by Gasteiger charge is -2.18. The second kappa shape index (κ2) is 3.20. The Hall–Kier alpha value is -1.06. The van der Waals surface area contributed by atoms with Crippen LogP contribution in [-0.4, -0.2) is 38.9 Å². The summed E-state index contributed by atoms with van der Waals surface area (Å²) in [6.45, 7) is 1.53. The highest BCUT2D eigenvalue weighted by Crippen LogP contribution is 1.80. The van der Waals surface area contributed by atoms with E-state index in [2.05, 4.69) is 20.6 Å². The number of amidine groups is 2. The van der Waals surface area contributed by atoms with E-state index in [0.29, 0.717) is 0 Å². The molecule has 0 bridgehead atoms. The van der Waals surface area contributed by atoms with Gasteiger partial charge in [0.25, 0.3) is 0 Å². The molecule has 1 saturated heterocycles. The van der Waals surface area contributed by atoms with Gasteiger partial charge in [0.05, 0.1) is 13.1 Å². The molecule has 0 radical (unpaired) electrons. The van der Waals surface area contributed by atoms with Crippen molar-refractivity contribution < 1.29 is 0 Å². The fraction of sp³-hybridized carbons (Fsp3) is 0.667. The van der Waals surface area contributed by atoms with Gasteiger partial charge in [0.1, 0.15) is 11.7 Å². The number of piperazine rings is 1. The van der Waals surface area contributed by atoms with Gasteiger partial charge in [-0.15, -0.1) is 0 Å². The van der Waals surface area contributed by atoms with E-state index in [4.69, 9.17) is 0 Å². The summed E-state index contributed by atoms with van der Waals surface area (Å²) in [6.07, 6.45) is 0. The highest BCUT2D eigenvalue weighted by molar-refractivity contribution is 5.97. The predicted octanol–water partition coefficient (Wildman–Crippen LogP) is -0.764. The molecule has 0 aromatic heterocycles. The molecule has 0 aromatic carbocycles. The lowest BCUT2D eigenvalue weighted by Crippen LogP contribution is -2.48. The van der Waals surface area contributed by atoms with Crippen LogP contribution in [0.4, 0.5) is 0 Å². The minimum atomic E-state index is 0.767. The quantitative estimate of drug-likeness (QED) is 0.464. The van der Waals surface area contributed by atoms with Gasteiger partial charge in [0.15, 0.2) is 0 Å². The zero-order valence-corrected chi connectivity index (χ0v) is 6.31. The van der Waals surface area contributed by atoms with Crippen LogP contribution in [-0.2, 0) is 0 Å². The zero-order chi connectivity index (χ0) is 7.40. The summed E-state index contributed by atoms with van der Waals surface area (Å²) in [5.41, 5.74) is 0. The third-order valence-corrected chi connectivity index (χ3v) is 1.46. The first kappa shape index (κ1) is 7.05. The number of rotatable bonds is 0. The molecule has 1 heterocycles. The maximum atomic E-state index is 4.00. The number of hydrogen-bond acceptors (Lipinski definition) is 2. The van der Waals surface area contributed by atoms with Crippen molar-refractivity contribution >= 4 is 11.7 Å². The lowest BCUT2D eigenvalue weighted by molar-refractivity contribution is 0.881. The van der Waals surface area contributed by atoms with E-state index >= 15 is 0 Å². The minimum Gasteiger partial charge on any atom is -0.365 e. The standard InChI is InChI=1S/C6H12N4/c1-7-5-3-10-6(8-2)4-9-5/h3-4H2,1-2H3,(H,7,9)(H,8,10). The molecule has 1 rings (SSSR count). The monoisotopic (exact) mass is 140 g/mol. The van der Waals surface area contributed by atoms with E-state index in [1.807, 2.05) is 0 Å². The van der Waals surface area contributed by atoms with E-state index in [1.54, 1.807) is 14.1 Å². The SMILES string of the molecule is CN=C1CNC(=NC)CN1. The van der Waals surface area contributed by atoms with E-state index in [9.17, 15) is 0 Å². The van der Waals surface area contributed by atoms with Crippen molar-refractivity contribution in [3.8, 4) is 0 Å². The van der Waals surface area contributed by atoms with Gasteiger partial charge in [0.2, 0.25) is 0 Å². The van der Waals surface area contributed by atoms with Crippen molar-refractivity contribution in [1.29, 1.82) is 0 Å². The summed E-state index contributed by atoms with van der Waals surface area (Å²) in [6, 6.07) is 0. The Bertz CT molecular complexity index is 139. The van der Waals surface area contributed by atoms with Crippen molar-refractivity contribution in [3.63, 3.8) is 0 Å². The van der Waals surface area contributed by atoms with Crippen LogP contribution in [0.1, 0.15) is 0 Å². The fourth-order valence-electron chi connectivity index (χ4n) is 0.813. The molecule has 56 valence electrons. The molecule has 0 aliphatic carbocycles. The minimum absolute atomic E-state index is 0.767. The first-order valence-corrected chi connectivity index (χ1v) is 3.26. The Morgan fingerprint density at radius 3 is 1.60 bits per heavy atom. The second-order valence-corrected chi connectivity index (χ2v) is 2.05. The smallest absolute Gasteiger partial charge is 0.116 e. The summed E-state index contributed by atoms with van der Waals surface area (Å²) in [4.78, 5) is 8.01. The van der Waals surface area contributed by atoms with Crippen LogP contribution in [0, 0.1) is 0 Å². The maximum Gasteiger partial charge on any atom is 0.116 e. The van der Waals surface area contributed by atoms with Crippen LogP contribution in [0.5, 0.6) is 0 Å². The number of nitrogens with one attached hydrogen (secondary N) is 2. The normalized spacial score (nSPS) is 26.2. The lowest BCUT2D eigenvalue weighted by atomic mass is 10.4. The fourth-order valence-corrected chi connectivity index (χ4v) is 0.813. The summed E-state index contributed by atoms with van der Waals surface area (Å²) in [5.74, 6) is 1.99. The second-order valence-electron chi connectivity index (χ2n) is 2.05. The molecule has 4 nitrogen and oxygen atoms in total. The molecular formula is C6H12N4. The number of nitrogens with zero attached hydrogens (tertiary/aromatic N) is 2. The maximum absolute atomic E-state index is 4.00. The molecule has 10 heavy (non-hydrogen) atoms. The molecule has 0 aromatic rings. The molecule has 2 N–H and O–H groups in total. The van der Waals surface area contributed by atoms with Crippen molar-refractivity contribution in [2.24, 2.45) is 9.98 Å². The summed E-state index contributed by atoms with van der Waals surface area (Å²) >= 11 is 0. The van der Waals surface area contributed by atoms with Crippen molar-refractivity contribution in [3.05, 3.63) is 0 Å². The average Bonchev–Trinajstić information content (AvgIpc) is 2.05. The van der Waals surface area contributed by atoms with Gasteiger partial charge in [-0.2, -0.15) is 0 Å². The highest BCUT2D eigenvalue weighted by atomic mass is 15.1. The molecule has 0 spiro atoms. The van der Waals surface area contributed by atoms with Gasteiger partial charge >= 0.3 is 0 Å². The molecule has 1 fully saturated rings. The summed E-state index contributed by atoms with van der Waals surface area (Å²) in [7, 11) is 3.55. The molecule has 4 heteroatoms. The predicted molar refractivity (Wildman–Crippen MR) is 42.7 cm³/mol. The average molecular weight is 140 g/mol. The first-order chi connectivity index (χ1) is 4.86. The topological polar surface area (TPSA) is 48.8 Å². The van der Waals surface area contributed by atoms with Gasteiger partial charge in [-0.25, -0.2) is 0 Å². The van der Waals surface area contributed by atoms with E-state index in [1.165, 1.54) is 0 Å². The van der Waals surface area contributed by atoms with Gasteiger partial charge in [-0.3, -0.25) is 9.98 Å². The molecule has 0 amide bonds. The number of hydrogen-bond donors (Lipinski definition) is 2. The van der Waals surface area contributed by atoms with E-state index in [-0.39, 0.29) is 0 Å². The van der Waals surface area contributed by atoms with Crippen LogP contribution in [0.2, 0.25) is 0 Å². The zero-order valence-electron chi connectivity index (χ0n) is 6.31. The van der Waals surface area contributed by atoms with E-state index in [0.717, 1.165) is 24.8 Å². The van der Waals surface area contributed by atoms with Crippen molar-refractivity contribution in [1.82, 2.24) is 10.6 Å². The highest BCUT2D eigenvalue weighted by Gasteiger charge is 2.07. The van der Waals surface area contributed by atoms with Gasteiger partial charge in [-0.1, -0.05) is 0 Å². The van der Waals surface area contributed by atoms with Crippen LogP contribution in [0.3, 0.4) is 0 Å². The number of aliphatic imine (C=N–C) groups is 2. The van der Waals surface area contributed by atoms with Crippen molar-refractivity contribution in [2.45, 2.75) is 0 Å². The van der Waals surface area contributed by atoms with Gasteiger partial charge in [0, 0.05) is 14.1 Å². The summed E-state index contributed by atoms with van der Waals surface area (Å²) < 4.78 is 0. The van der Waals surface area contributed by atoms with Gasteiger partial charge in [-0.05, 0) is 0 Å². The van der Waals surface area contributed by atoms with Crippen LogP contribution < -0.4 is 10.6 Å². The Kier molecular flexibility index (Phi) is 2.25. The molecule has 1 aliphatic rings. The Balaban J connectivity index is 2.46. The summed E-state index contributed by atoms with van der Waals surface area (Å²) in [5, 5.41) is 6.25. The van der Waals surface area contributed by atoms with Crippen molar-refractivity contribution in [2.75, 3.05) is 27.2 Å².